The van der Waals surface area contributed by atoms with Gasteiger partial charge in [-0.25, -0.2) is 4.79 Å². The summed E-state index contributed by atoms with van der Waals surface area (Å²) < 4.78 is 12.0. The summed E-state index contributed by atoms with van der Waals surface area (Å²) >= 11 is 0. The van der Waals surface area contributed by atoms with Crippen LogP contribution in [0.5, 0.6) is 11.5 Å². The van der Waals surface area contributed by atoms with Crippen LogP contribution in [0.1, 0.15) is 38.5 Å². The maximum atomic E-state index is 11.7. The summed E-state index contributed by atoms with van der Waals surface area (Å²) in [6, 6.07) is 5.18. The molecule has 5 heteroatoms. The molecule has 5 nitrogen and oxygen atoms in total. The fraction of sp³-hybridized carbons (Fsp3) is 0.471. The van der Waals surface area contributed by atoms with Crippen molar-refractivity contribution in [3.05, 3.63) is 18.2 Å². The van der Waals surface area contributed by atoms with E-state index in [-0.39, 0.29) is 6.03 Å². The van der Waals surface area contributed by atoms with E-state index in [2.05, 4.69) is 16.6 Å². The first-order chi connectivity index (χ1) is 10.7. The fourth-order valence-electron chi connectivity index (χ4n) is 2.89. The molecule has 1 aromatic rings. The molecule has 0 radical (unpaired) electrons. The Morgan fingerprint density at radius 1 is 1.23 bits per heavy atom. The van der Waals surface area contributed by atoms with Gasteiger partial charge in [0.25, 0.3) is 5.79 Å². The first kappa shape index (κ1) is 14.6. The third-order valence-corrected chi connectivity index (χ3v) is 3.96. The number of terminal acetylenes is 1. The zero-order valence-electron chi connectivity index (χ0n) is 12.5. The summed E-state index contributed by atoms with van der Waals surface area (Å²) in [6.45, 7) is 0.454. The molecule has 2 N–H and O–H groups in total. The van der Waals surface area contributed by atoms with E-state index in [0.29, 0.717) is 24.4 Å². The molecule has 1 heterocycles. The molecule has 0 unspecified atom stereocenters. The topological polar surface area (TPSA) is 59.6 Å². The number of carbonyl (C=O) groups excluding carboxylic acids is 1. The zero-order chi connectivity index (χ0) is 15.4. The van der Waals surface area contributed by atoms with Crippen molar-refractivity contribution >= 4 is 11.7 Å². The molecule has 1 aliphatic carbocycles. The molecule has 2 aliphatic rings. The molecule has 0 saturated heterocycles. The van der Waals surface area contributed by atoms with Crippen molar-refractivity contribution in [2.45, 2.75) is 44.3 Å². The molecule has 1 saturated carbocycles. The van der Waals surface area contributed by atoms with Crippen LogP contribution in [0.15, 0.2) is 18.2 Å². The van der Waals surface area contributed by atoms with Crippen molar-refractivity contribution in [2.24, 2.45) is 0 Å². The van der Waals surface area contributed by atoms with Crippen LogP contribution in [0.4, 0.5) is 10.5 Å². The van der Waals surface area contributed by atoms with Crippen molar-refractivity contribution < 1.29 is 14.3 Å². The van der Waals surface area contributed by atoms with Crippen molar-refractivity contribution in [1.29, 1.82) is 0 Å². The SMILES string of the molecule is C#CCCNC(=O)Nc1ccc2c(c1)OC1(CCCCC1)O2. The van der Waals surface area contributed by atoms with Crippen LogP contribution >= 0.6 is 0 Å². The van der Waals surface area contributed by atoms with Crippen LogP contribution in [-0.2, 0) is 0 Å². The molecule has 3 rings (SSSR count). The van der Waals surface area contributed by atoms with E-state index >= 15 is 0 Å². The van der Waals surface area contributed by atoms with Gasteiger partial charge in [-0.1, -0.05) is 6.42 Å². The predicted molar refractivity (Wildman–Crippen MR) is 84.0 cm³/mol. The Balaban J connectivity index is 1.63. The molecular formula is C17H20N2O3. The quantitative estimate of drug-likeness (QED) is 0.665. The zero-order valence-corrected chi connectivity index (χ0v) is 12.5. The first-order valence-corrected chi connectivity index (χ1v) is 7.71. The lowest BCUT2D eigenvalue weighted by atomic mass is 9.94. The number of fused-ring (bicyclic) bond motifs is 1. The smallest absolute Gasteiger partial charge is 0.319 e. The van der Waals surface area contributed by atoms with Gasteiger partial charge in [0.1, 0.15) is 0 Å². The van der Waals surface area contributed by atoms with Crippen LogP contribution in [0.2, 0.25) is 0 Å². The number of benzene rings is 1. The average Bonchev–Trinajstić information content (AvgIpc) is 2.85. The Hall–Kier alpha value is -2.35. The summed E-state index contributed by atoms with van der Waals surface area (Å²) in [5, 5.41) is 5.46. The van der Waals surface area contributed by atoms with Gasteiger partial charge in [-0.15, -0.1) is 12.3 Å². The van der Waals surface area contributed by atoms with Crippen molar-refractivity contribution in [3.8, 4) is 23.8 Å². The van der Waals surface area contributed by atoms with Gasteiger partial charge in [0.15, 0.2) is 11.5 Å². The minimum atomic E-state index is -0.492. The van der Waals surface area contributed by atoms with Gasteiger partial charge < -0.3 is 20.1 Å². The summed E-state index contributed by atoms with van der Waals surface area (Å²) in [6.07, 6.45) is 11.0. The molecule has 1 aromatic carbocycles. The van der Waals surface area contributed by atoms with Gasteiger partial charge in [-0.3, -0.25) is 0 Å². The number of amides is 2. The van der Waals surface area contributed by atoms with E-state index in [1.807, 2.05) is 12.1 Å². The van der Waals surface area contributed by atoms with E-state index in [4.69, 9.17) is 15.9 Å². The summed E-state index contributed by atoms with van der Waals surface area (Å²) in [7, 11) is 0. The van der Waals surface area contributed by atoms with Crippen LogP contribution in [-0.4, -0.2) is 18.4 Å². The molecule has 1 spiro atoms. The van der Waals surface area contributed by atoms with Crippen LogP contribution in [0, 0.1) is 12.3 Å². The Bertz CT molecular complexity index is 600. The maximum Gasteiger partial charge on any atom is 0.319 e. The minimum Gasteiger partial charge on any atom is -0.448 e. The standard InChI is InChI=1S/C17H20N2O3/c1-2-3-11-18-16(20)19-13-7-8-14-15(12-13)22-17(21-14)9-5-4-6-10-17/h1,7-8,12H,3-6,9-11H2,(H2,18,19,20). The number of carbonyl (C=O) groups is 1. The second-order valence-corrected chi connectivity index (χ2v) is 5.67. The van der Waals surface area contributed by atoms with Crippen molar-refractivity contribution in [2.75, 3.05) is 11.9 Å². The molecule has 0 aromatic heterocycles. The van der Waals surface area contributed by atoms with E-state index in [1.165, 1.54) is 6.42 Å². The monoisotopic (exact) mass is 300 g/mol. The van der Waals surface area contributed by atoms with Crippen LogP contribution in [0.3, 0.4) is 0 Å². The molecule has 1 aliphatic heterocycles. The van der Waals surface area contributed by atoms with Crippen LogP contribution in [0.25, 0.3) is 0 Å². The Kier molecular flexibility index (Phi) is 4.10. The second kappa shape index (κ2) is 6.18. The van der Waals surface area contributed by atoms with Gasteiger partial charge >= 0.3 is 6.03 Å². The lowest BCUT2D eigenvalue weighted by molar-refractivity contribution is -0.105. The summed E-state index contributed by atoms with van der Waals surface area (Å²) in [5.41, 5.74) is 0.674. The average molecular weight is 300 g/mol. The van der Waals surface area contributed by atoms with Gasteiger partial charge in [-0.2, -0.15) is 0 Å². The minimum absolute atomic E-state index is 0.276. The van der Waals surface area contributed by atoms with Gasteiger partial charge in [0.2, 0.25) is 0 Å². The predicted octanol–water partition coefficient (Wildman–Crippen LogP) is 3.26. The first-order valence-electron chi connectivity index (χ1n) is 7.71. The van der Waals surface area contributed by atoms with E-state index in [1.54, 1.807) is 6.07 Å². The van der Waals surface area contributed by atoms with Gasteiger partial charge in [0, 0.05) is 37.6 Å². The molecule has 0 atom stereocenters. The highest BCUT2D eigenvalue weighted by Crippen LogP contribution is 2.46. The Morgan fingerprint density at radius 2 is 2.00 bits per heavy atom. The molecule has 2 amide bonds. The molecule has 116 valence electrons. The van der Waals surface area contributed by atoms with Crippen LogP contribution < -0.4 is 20.1 Å². The molecule has 22 heavy (non-hydrogen) atoms. The Morgan fingerprint density at radius 3 is 2.77 bits per heavy atom. The number of hydrogen-bond acceptors (Lipinski definition) is 3. The highest BCUT2D eigenvalue weighted by molar-refractivity contribution is 5.89. The number of urea groups is 1. The number of hydrogen-bond donors (Lipinski definition) is 2. The fourth-order valence-corrected chi connectivity index (χ4v) is 2.89. The summed E-state index contributed by atoms with van der Waals surface area (Å²) in [5.74, 6) is 3.43. The number of ether oxygens (including phenoxy) is 2. The maximum absolute atomic E-state index is 11.7. The molecule has 0 bridgehead atoms. The van der Waals surface area contributed by atoms with Gasteiger partial charge in [0.05, 0.1) is 0 Å². The molecule has 1 fully saturated rings. The van der Waals surface area contributed by atoms with Crippen molar-refractivity contribution in [1.82, 2.24) is 5.32 Å². The number of anilines is 1. The summed E-state index contributed by atoms with van der Waals surface area (Å²) in [4.78, 5) is 11.7. The largest absolute Gasteiger partial charge is 0.448 e. The highest BCUT2D eigenvalue weighted by Gasteiger charge is 2.42. The third-order valence-electron chi connectivity index (χ3n) is 3.96. The third kappa shape index (κ3) is 3.11. The number of nitrogens with one attached hydrogen (secondary N) is 2. The lowest BCUT2D eigenvalue weighted by Gasteiger charge is -2.31. The van der Waals surface area contributed by atoms with E-state index < -0.39 is 5.79 Å². The van der Waals surface area contributed by atoms with Gasteiger partial charge in [-0.05, 0) is 25.0 Å². The second-order valence-electron chi connectivity index (χ2n) is 5.67. The van der Waals surface area contributed by atoms with E-state index in [9.17, 15) is 4.79 Å². The van der Waals surface area contributed by atoms with E-state index in [0.717, 1.165) is 31.4 Å². The Labute approximate surface area is 130 Å². The highest BCUT2D eigenvalue weighted by atomic mass is 16.7. The lowest BCUT2D eigenvalue weighted by Crippen LogP contribution is -2.40. The number of rotatable bonds is 3. The normalized spacial score (nSPS) is 17.8. The van der Waals surface area contributed by atoms with Crippen molar-refractivity contribution in [3.63, 3.8) is 0 Å². The molecular weight excluding hydrogens is 280 g/mol.